The second kappa shape index (κ2) is 4.76. The number of halogens is 3. The molecule has 3 N–H and O–H groups in total. The van der Waals surface area contributed by atoms with E-state index in [0.717, 1.165) is 0 Å². The third-order valence-electron chi connectivity index (χ3n) is 2.47. The zero-order valence-corrected chi connectivity index (χ0v) is 11.3. The zero-order valence-electron chi connectivity index (χ0n) is 8.97. The van der Waals surface area contributed by atoms with E-state index in [1.807, 2.05) is 0 Å². The molecule has 0 saturated heterocycles. The van der Waals surface area contributed by atoms with Gasteiger partial charge in [0.1, 0.15) is 16.2 Å². The summed E-state index contributed by atoms with van der Waals surface area (Å²) in [5, 5.41) is 0.434. The molecule has 0 amide bonds. The molecule has 3 nitrogen and oxygen atoms in total. The summed E-state index contributed by atoms with van der Waals surface area (Å²) in [5.41, 5.74) is 6.99. The van der Waals surface area contributed by atoms with Gasteiger partial charge in [-0.05, 0) is 46.1 Å². The van der Waals surface area contributed by atoms with Crippen molar-refractivity contribution in [3.05, 3.63) is 50.7 Å². The van der Waals surface area contributed by atoms with Gasteiger partial charge < -0.3 is 10.7 Å². The lowest BCUT2D eigenvalue weighted by atomic mass is 10.0. The number of rotatable bonds is 2. The molecule has 2 aromatic rings. The fraction of sp³-hybridized carbons (Fsp3) is 0.182. The fourth-order valence-electron chi connectivity index (χ4n) is 1.52. The molecule has 1 atom stereocenters. The van der Waals surface area contributed by atoms with Crippen molar-refractivity contribution >= 4 is 27.5 Å². The molecule has 1 aromatic heterocycles. The molecular formula is C11H10BrClFN3. The van der Waals surface area contributed by atoms with Gasteiger partial charge in [-0.15, -0.1) is 0 Å². The Bertz CT molecular complexity index is 556. The van der Waals surface area contributed by atoms with Crippen LogP contribution >= 0.6 is 27.5 Å². The molecule has 90 valence electrons. The van der Waals surface area contributed by atoms with E-state index in [4.69, 9.17) is 17.3 Å². The van der Waals surface area contributed by atoms with Crippen molar-refractivity contribution < 1.29 is 4.39 Å². The molecule has 0 aliphatic rings. The van der Waals surface area contributed by atoms with Gasteiger partial charge in [0.2, 0.25) is 0 Å². The van der Waals surface area contributed by atoms with Crippen LogP contribution in [0.1, 0.15) is 23.0 Å². The minimum Gasteiger partial charge on any atom is -0.335 e. The van der Waals surface area contributed by atoms with Crippen LogP contribution in [0.2, 0.25) is 5.02 Å². The summed E-state index contributed by atoms with van der Waals surface area (Å²) in [6, 6.07) is 2.33. The minimum absolute atomic E-state index is 0.328. The highest BCUT2D eigenvalue weighted by Gasteiger charge is 2.17. The number of aromatic nitrogens is 2. The summed E-state index contributed by atoms with van der Waals surface area (Å²) in [6.07, 6.45) is 1.59. The van der Waals surface area contributed by atoms with Gasteiger partial charge in [0.25, 0.3) is 0 Å². The lowest BCUT2D eigenvalue weighted by Crippen LogP contribution is -2.14. The maximum atomic E-state index is 13.5. The van der Waals surface area contributed by atoms with E-state index in [0.29, 0.717) is 26.6 Å². The molecule has 2 rings (SSSR count). The number of hydrogen-bond acceptors (Lipinski definition) is 2. The van der Waals surface area contributed by atoms with Crippen LogP contribution in [0.3, 0.4) is 0 Å². The minimum atomic E-state index is -0.580. The number of H-pyrrole nitrogens is 1. The smallest absolute Gasteiger partial charge is 0.128 e. The Morgan fingerprint density at radius 2 is 2.24 bits per heavy atom. The molecule has 0 fully saturated rings. The van der Waals surface area contributed by atoms with Crippen molar-refractivity contribution in [2.45, 2.75) is 13.0 Å². The Balaban J connectivity index is 2.43. The quantitative estimate of drug-likeness (QED) is 0.892. The highest BCUT2D eigenvalue weighted by Crippen LogP contribution is 2.28. The summed E-state index contributed by atoms with van der Waals surface area (Å²) >= 11 is 9.29. The number of aromatic amines is 1. The number of nitrogens with zero attached hydrogens (tertiary/aromatic N) is 1. The molecule has 0 spiro atoms. The number of benzene rings is 1. The van der Waals surface area contributed by atoms with Gasteiger partial charge in [-0.2, -0.15) is 0 Å². The van der Waals surface area contributed by atoms with Gasteiger partial charge in [-0.25, -0.2) is 9.37 Å². The normalized spacial score (nSPS) is 12.8. The molecule has 1 heterocycles. The Labute approximate surface area is 111 Å². The Morgan fingerprint density at radius 1 is 1.53 bits per heavy atom. The van der Waals surface area contributed by atoms with Crippen LogP contribution in [-0.2, 0) is 0 Å². The molecule has 0 aliphatic carbocycles. The molecular weight excluding hydrogens is 308 g/mol. The van der Waals surface area contributed by atoms with Crippen molar-refractivity contribution in [3.8, 4) is 0 Å². The third kappa shape index (κ3) is 2.51. The number of imidazole rings is 1. The topological polar surface area (TPSA) is 54.7 Å². The van der Waals surface area contributed by atoms with E-state index < -0.39 is 6.04 Å². The molecule has 0 saturated carbocycles. The number of aryl methyl sites for hydroxylation is 1. The van der Waals surface area contributed by atoms with E-state index >= 15 is 0 Å². The monoisotopic (exact) mass is 317 g/mol. The van der Waals surface area contributed by atoms with Crippen LogP contribution < -0.4 is 5.73 Å². The highest BCUT2D eigenvalue weighted by molar-refractivity contribution is 9.10. The highest BCUT2D eigenvalue weighted by atomic mass is 79.9. The number of hydrogen-bond donors (Lipinski definition) is 2. The van der Waals surface area contributed by atoms with Gasteiger partial charge >= 0.3 is 0 Å². The molecule has 1 unspecified atom stereocenters. The second-order valence-corrected chi connectivity index (χ2v) is 4.98. The van der Waals surface area contributed by atoms with Crippen molar-refractivity contribution in [1.29, 1.82) is 0 Å². The predicted octanol–water partition coefficient (Wildman–Crippen LogP) is 3.32. The van der Waals surface area contributed by atoms with Crippen LogP contribution in [0.5, 0.6) is 0 Å². The van der Waals surface area contributed by atoms with E-state index in [2.05, 4.69) is 25.9 Å². The predicted molar refractivity (Wildman–Crippen MR) is 68.5 cm³/mol. The standard InChI is InChI=1S/C11H10BrClFN3/c1-5-2-7(13)6(3-8(5)14)10(15)11-16-4-9(12)17-11/h2-4,10H,15H2,1H3,(H,16,17). The van der Waals surface area contributed by atoms with Gasteiger partial charge in [-0.1, -0.05) is 11.6 Å². The van der Waals surface area contributed by atoms with E-state index in [9.17, 15) is 4.39 Å². The van der Waals surface area contributed by atoms with E-state index in [1.54, 1.807) is 19.2 Å². The Kier molecular flexibility index (Phi) is 3.51. The van der Waals surface area contributed by atoms with Gasteiger partial charge in [0.15, 0.2) is 0 Å². The summed E-state index contributed by atoms with van der Waals surface area (Å²) in [6.45, 7) is 1.65. The average molecular weight is 319 g/mol. The van der Waals surface area contributed by atoms with Crippen LogP contribution in [0.4, 0.5) is 4.39 Å². The molecule has 0 radical (unpaired) electrons. The molecule has 1 aromatic carbocycles. The first-order valence-corrected chi connectivity index (χ1v) is 6.07. The van der Waals surface area contributed by atoms with Crippen LogP contribution in [0, 0.1) is 12.7 Å². The SMILES string of the molecule is Cc1cc(Cl)c(C(N)c2ncc(Br)[nH]2)cc1F. The fourth-order valence-corrected chi connectivity index (χ4v) is 2.16. The van der Waals surface area contributed by atoms with E-state index in [1.165, 1.54) is 6.07 Å². The summed E-state index contributed by atoms with van der Waals surface area (Å²) in [5.74, 6) is 0.201. The lowest BCUT2D eigenvalue weighted by molar-refractivity contribution is 0.613. The maximum Gasteiger partial charge on any atom is 0.128 e. The average Bonchev–Trinajstić information content (AvgIpc) is 2.69. The summed E-state index contributed by atoms with van der Waals surface area (Å²) in [4.78, 5) is 7.01. The van der Waals surface area contributed by atoms with Crippen molar-refractivity contribution in [2.75, 3.05) is 0 Å². The van der Waals surface area contributed by atoms with Gasteiger partial charge in [-0.3, -0.25) is 0 Å². The molecule has 17 heavy (non-hydrogen) atoms. The van der Waals surface area contributed by atoms with Crippen molar-refractivity contribution in [3.63, 3.8) is 0 Å². The summed E-state index contributed by atoms with van der Waals surface area (Å²) < 4.78 is 14.2. The molecule has 6 heteroatoms. The third-order valence-corrected chi connectivity index (χ3v) is 3.20. The van der Waals surface area contributed by atoms with Crippen molar-refractivity contribution in [1.82, 2.24) is 9.97 Å². The van der Waals surface area contributed by atoms with E-state index in [-0.39, 0.29) is 5.82 Å². The van der Waals surface area contributed by atoms with Crippen LogP contribution in [0.15, 0.2) is 22.9 Å². The first-order valence-electron chi connectivity index (χ1n) is 4.90. The molecule has 0 bridgehead atoms. The number of nitrogens with one attached hydrogen (secondary N) is 1. The first kappa shape index (κ1) is 12.5. The molecule has 0 aliphatic heterocycles. The Hall–Kier alpha value is -0.910. The van der Waals surface area contributed by atoms with Gasteiger partial charge in [0, 0.05) is 5.02 Å². The van der Waals surface area contributed by atoms with Crippen LogP contribution in [0.25, 0.3) is 0 Å². The first-order chi connectivity index (χ1) is 7.99. The van der Waals surface area contributed by atoms with Gasteiger partial charge in [0.05, 0.1) is 12.2 Å². The summed E-state index contributed by atoms with van der Waals surface area (Å²) in [7, 11) is 0. The zero-order chi connectivity index (χ0) is 12.6. The largest absolute Gasteiger partial charge is 0.335 e. The second-order valence-electron chi connectivity index (χ2n) is 3.72. The number of nitrogens with two attached hydrogens (primary N) is 1. The Morgan fingerprint density at radius 3 is 2.82 bits per heavy atom. The lowest BCUT2D eigenvalue weighted by Gasteiger charge is -2.12. The van der Waals surface area contributed by atoms with Crippen LogP contribution in [-0.4, -0.2) is 9.97 Å². The maximum absolute atomic E-state index is 13.5. The van der Waals surface area contributed by atoms with Crippen molar-refractivity contribution in [2.24, 2.45) is 5.73 Å².